The maximum atomic E-state index is 15.9. The third kappa shape index (κ3) is 13.0. The van der Waals surface area contributed by atoms with Crippen LogP contribution in [0.3, 0.4) is 0 Å². The van der Waals surface area contributed by atoms with Gasteiger partial charge < -0.3 is 4.57 Å². The number of fused-ring (bicyclic) bond motifs is 19. The zero-order chi connectivity index (χ0) is 87.3. The predicted octanol–water partition coefficient (Wildman–Crippen LogP) is 33.2. The van der Waals surface area contributed by atoms with E-state index in [1.54, 1.807) is 0 Å². The Labute approximate surface area is 802 Å². The van der Waals surface area contributed by atoms with Crippen LogP contribution in [0.25, 0.3) is 161 Å². The fourth-order valence-electron chi connectivity index (χ4n) is 23.0. The van der Waals surface area contributed by atoms with Gasteiger partial charge in [-0.1, -0.05) is 451 Å². The number of imidazole rings is 3. The fourth-order valence-corrected chi connectivity index (χ4v) is 25.9. The van der Waals surface area contributed by atoms with E-state index < -0.39 is 7.14 Å². The summed E-state index contributed by atoms with van der Waals surface area (Å²) in [5.41, 5.74) is 36.1. The normalized spacial score (nSPS) is 14.0. The van der Waals surface area contributed by atoms with Crippen molar-refractivity contribution in [1.82, 2.24) is 28.7 Å². The second-order valence-corrected chi connectivity index (χ2v) is 39.4. The van der Waals surface area contributed by atoms with Gasteiger partial charge in [-0.15, -0.1) is 0 Å². The van der Waals surface area contributed by atoms with Gasteiger partial charge >= 0.3 is 0 Å². The Balaban J connectivity index is 0.000000134. The Morgan fingerprint density at radius 3 is 1.18 bits per heavy atom. The molecular formula is C128H115N6OP. The second kappa shape index (κ2) is 34.3. The molecule has 1 atom stereocenters. The van der Waals surface area contributed by atoms with E-state index >= 15 is 4.57 Å². The van der Waals surface area contributed by atoms with Gasteiger partial charge in [0.15, 0.2) is 7.14 Å². The summed E-state index contributed by atoms with van der Waals surface area (Å²) in [6, 6.07) is 147. The number of nitrogens with zero attached hydrogens (tertiary/aromatic N) is 6. The lowest BCUT2D eigenvalue weighted by molar-refractivity contribution is 0.592. The van der Waals surface area contributed by atoms with Crippen molar-refractivity contribution >= 4 is 88.5 Å². The number of benzene rings is 19. The summed E-state index contributed by atoms with van der Waals surface area (Å²) in [4.78, 5) is 15.4. The first-order chi connectivity index (χ1) is 63.6. The molecule has 5 aliphatic rings. The van der Waals surface area contributed by atoms with Gasteiger partial charge in [0.25, 0.3) is 0 Å². The molecule has 2 aliphatic carbocycles. The molecule has 0 N–H and O–H groups in total. The topological polar surface area (TPSA) is 70.5 Å². The van der Waals surface area contributed by atoms with Crippen LogP contribution < -0.4 is 15.9 Å². The Bertz CT molecular complexity index is 8450. The van der Waals surface area contributed by atoms with E-state index in [4.69, 9.17) is 16.3 Å². The largest absolute Gasteiger partial charge is 0.309 e. The lowest BCUT2D eigenvalue weighted by Gasteiger charge is -2.36. The molecule has 1 unspecified atom stereocenters. The van der Waals surface area contributed by atoms with Crippen molar-refractivity contribution in [3.05, 3.63) is 474 Å². The minimum absolute atomic E-state index is 0. The summed E-state index contributed by atoms with van der Waals surface area (Å²) >= 11 is 0. The third-order valence-corrected chi connectivity index (χ3v) is 31.9. The average molecular weight is 1790 g/mol. The molecule has 668 valence electrons. The van der Waals surface area contributed by atoms with Gasteiger partial charge in [0.05, 0.1) is 55.6 Å². The van der Waals surface area contributed by atoms with Gasteiger partial charge in [-0.2, -0.15) is 0 Å². The van der Waals surface area contributed by atoms with Crippen molar-refractivity contribution in [2.45, 2.75) is 115 Å². The molecule has 19 aromatic carbocycles. The molecule has 0 saturated heterocycles. The van der Waals surface area contributed by atoms with E-state index in [2.05, 4.69) is 403 Å². The zero-order valence-corrected chi connectivity index (χ0v) is 73.2. The van der Waals surface area contributed by atoms with Crippen molar-refractivity contribution in [1.29, 1.82) is 0 Å². The van der Waals surface area contributed by atoms with Crippen LogP contribution in [0.1, 0.15) is 151 Å². The van der Waals surface area contributed by atoms with Crippen molar-refractivity contribution in [2.24, 2.45) is 0 Å². The molecule has 27 rings (SSSR count). The first-order valence-corrected chi connectivity index (χ1v) is 46.5. The van der Waals surface area contributed by atoms with Gasteiger partial charge in [-0.05, 0) is 198 Å². The lowest BCUT2D eigenvalue weighted by Crippen LogP contribution is -2.30. The van der Waals surface area contributed by atoms with Crippen LogP contribution in [0.2, 0.25) is 0 Å². The average Bonchev–Trinajstić information content (AvgIpc) is 1.51. The highest BCUT2D eigenvalue weighted by atomic mass is 31.2. The van der Waals surface area contributed by atoms with E-state index in [0.717, 1.165) is 94.0 Å². The monoisotopic (exact) mass is 1780 g/mol. The summed E-state index contributed by atoms with van der Waals surface area (Å²) < 4.78 is 31.5. The van der Waals surface area contributed by atoms with Crippen LogP contribution in [0, 0.1) is 0 Å². The molecule has 8 heteroatoms. The molecular weight excluding hydrogens is 1670 g/mol. The van der Waals surface area contributed by atoms with Crippen molar-refractivity contribution in [2.75, 3.05) is 0 Å². The molecule has 0 radical (unpaired) electrons. The van der Waals surface area contributed by atoms with Crippen LogP contribution in [-0.2, 0) is 26.2 Å². The standard InChI is InChI=1S/C47H32N2.C38H29N2OP.C36H26N2.7CH4/c1-46(2)39-22-12-13-23-43(39)49-44-41(46)27-31(28-42(44)48-45(49)29-14-4-3-5-15-29)30-24-25-35-34-18-8-11-21-38(34)47(40(35)26-30)36-19-9-6-16-32(36)33-17-7-10-20-37(33)47;1-38(2)31-21-11-12-22-34(31)40-36-32(38)24-29(25-33(36)39-37(40)27-15-5-3-6-16-27)42(41,28-18-7-4-8-19-28)35-23-13-17-26-14-9-10-20-30(26)35;1-36(2)29-18-10-11-19-31(29)38-22-37-30-21-20-28(34(36)35(30)38)33-26-16-8-6-14-24(26)32(23-12-4-3-5-13-23)25-15-7-9-17-27(25)33;;;;;;;/h3-28H,1-2H3;3-25H,1-2H3;3-22H,1-2H3;7*1H4/i;;22D;;;;;;;. The molecule has 0 saturated carbocycles. The molecule has 22 aromatic rings. The Kier molecular flexibility index (Phi) is 22.6. The number of hydrogen-bond acceptors (Lipinski definition) is 4. The van der Waals surface area contributed by atoms with Crippen LogP contribution in [0.5, 0.6) is 0 Å². The first kappa shape index (κ1) is 89.8. The van der Waals surface area contributed by atoms with E-state index in [1.165, 1.54) is 138 Å². The van der Waals surface area contributed by atoms with Crippen LogP contribution in [0.4, 0.5) is 0 Å². The van der Waals surface area contributed by atoms with Crippen LogP contribution in [0.15, 0.2) is 419 Å². The molecule has 1 spiro atoms. The molecule has 0 bridgehead atoms. The van der Waals surface area contributed by atoms with E-state index in [0.29, 0.717) is 0 Å². The Hall–Kier alpha value is -15.4. The van der Waals surface area contributed by atoms with Gasteiger partial charge in [0.1, 0.15) is 19.3 Å². The minimum Gasteiger partial charge on any atom is -0.309 e. The number of para-hydroxylation sites is 3. The van der Waals surface area contributed by atoms with E-state index in [-0.39, 0.29) is 79.9 Å². The molecule has 3 aromatic heterocycles. The third-order valence-electron chi connectivity index (χ3n) is 28.8. The Morgan fingerprint density at radius 2 is 0.662 bits per heavy atom. The van der Waals surface area contributed by atoms with Gasteiger partial charge in [0, 0.05) is 43.3 Å². The van der Waals surface area contributed by atoms with Gasteiger partial charge in [-0.25, -0.2) is 15.0 Å². The summed E-state index contributed by atoms with van der Waals surface area (Å²) in [5, 5.41) is 9.54. The van der Waals surface area contributed by atoms with Crippen LogP contribution >= 0.6 is 7.14 Å². The molecule has 6 heterocycles. The SMILES string of the molecule is C.C.C.C.C.C.C.CC1(C)c2ccccc2-n2c(-c3ccccc3)nc3cc(-c4ccc5c(c4)C4(c6ccccc6-c6ccccc64)c4ccccc4-5)cc1c32.CC1(C)c2ccccc2-n2c(-c3ccccc3)nc3cc(P(=O)(c4ccccc4)c4cccc5ccccc45)cc1c32.[2H]c1nc2ccc(-c3c4ccccc4c(-c4ccccc4)c4ccccc34)c3c2n1-c1ccccc1C3(C)C. The number of aromatic nitrogens is 6. The number of hydrogen-bond donors (Lipinski definition) is 0. The first-order valence-electron chi connectivity index (χ1n) is 45.2. The Morgan fingerprint density at radius 1 is 0.272 bits per heavy atom. The van der Waals surface area contributed by atoms with Gasteiger partial charge in [-0.3, -0.25) is 13.7 Å². The fraction of sp³-hybridized carbons (Fsp3) is 0.133. The smallest absolute Gasteiger partial charge is 0.171 e. The zero-order valence-electron chi connectivity index (χ0n) is 73.3. The second-order valence-electron chi connectivity index (χ2n) is 36.7. The van der Waals surface area contributed by atoms with Crippen LogP contribution in [-0.4, -0.2) is 28.7 Å². The predicted molar refractivity (Wildman–Crippen MR) is 582 cm³/mol. The lowest BCUT2D eigenvalue weighted by atomic mass is 9.70. The molecule has 136 heavy (non-hydrogen) atoms. The summed E-state index contributed by atoms with van der Waals surface area (Å²) in [6.07, 6.45) is 0.278. The van der Waals surface area contributed by atoms with E-state index in [1.807, 2.05) is 65.2 Å². The van der Waals surface area contributed by atoms with Crippen molar-refractivity contribution in [3.63, 3.8) is 0 Å². The quantitative estimate of drug-likeness (QED) is 0.112. The highest BCUT2D eigenvalue weighted by Crippen LogP contribution is 2.64. The highest BCUT2D eigenvalue weighted by Gasteiger charge is 2.52. The summed E-state index contributed by atoms with van der Waals surface area (Å²) in [6.45, 7) is 13.9. The summed E-state index contributed by atoms with van der Waals surface area (Å²) in [5.74, 6) is 1.88. The van der Waals surface area contributed by atoms with E-state index in [9.17, 15) is 0 Å². The summed E-state index contributed by atoms with van der Waals surface area (Å²) in [7, 11) is -3.31. The molecule has 3 aliphatic heterocycles. The van der Waals surface area contributed by atoms with Crippen molar-refractivity contribution in [3.8, 4) is 95.5 Å². The highest BCUT2D eigenvalue weighted by molar-refractivity contribution is 7.85. The van der Waals surface area contributed by atoms with Crippen molar-refractivity contribution < 1.29 is 5.94 Å². The number of rotatable bonds is 8. The maximum Gasteiger partial charge on any atom is 0.171 e. The molecule has 0 amide bonds. The molecule has 0 fully saturated rings. The van der Waals surface area contributed by atoms with Gasteiger partial charge in [0.2, 0.25) is 0 Å². The maximum absolute atomic E-state index is 15.9. The molecule has 7 nitrogen and oxygen atoms in total. The minimum atomic E-state index is -3.31.